The third kappa shape index (κ3) is 6.37. The third-order valence-electron chi connectivity index (χ3n) is 4.34. The van der Waals surface area contributed by atoms with Crippen LogP contribution in [0.4, 0.5) is 0 Å². The van der Waals surface area contributed by atoms with Crippen LogP contribution in [0.15, 0.2) is 29.4 Å². The molecule has 28 heavy (non-hydrogen) atoms. The highest BCUT2D eigenvalue weighted by atomic mass is 35.5. The van der Waals surface area contributed by atoms with Crippen molar-refractivity contribution in [3.63, 3.8) is 0 Å². The van der Waals surface area contributed by atoms with E-state index in [2.05, 4.69) is 33.3 Å². The van der Waals surface area contributed by atoms with Crippen LogP contribution in [0.25, 0.3) is 0 Å². The minimum atomic E-state index is -3.19. The van der Waals surface area contributed by atoms with Crippen molar-refractivity contribution in [1.29, 1.82) is 0 Å². The van der Waals surface area contributed by atoms with Gasteiger partial charge in [0.1, 0.15) is 12.4 Å². The van der Waals surface area contributed by atoms with Crippen LogP contribution < -0.4 is 9.46 Å². The Bertz CT molecular complexity index is 854. The third-order valence-corrected chi connectivity index (χ3v) is 7.13. The summed E-state index contributed by atoms with van der Waals surface area (Å²) >= 11 is 7.68. The summed E-state index contributed by atoms with van der Waals surface area (Å²) in [7, 11) is -1.76. The molecule has 0 saturated heterocycles. The maximum absolute atomic E-state index is 11.5. The SMILES string of the molecule is CCC(CC)n1c(COc2ccccc2Cl)nnc1SCCCS(=O)(=O)NC. The predicted molar refractivity (Wildman–Crippen MR) is 114 cm³/mol. The van der Waals surface area contributed by atoms with E-state index in [1.807, 2.05) is 18.2 Å². The molecule has 156 valence electrons. The zero-order valence-electron chi connectivity index (χ0n) is 16.4. The smallest absolute Gasteiger partial charge is 0.211 e. The molecule has 0 amide bonds. The second-order valence-corrected chi connectivity index (χ2v) is 9.70. The van der Waals surface area contributed by atoms with Gasteiger partial charge in [-0.2, -0.15) is 0 Å². The van der Waals surface area contributed by atoms with E-state index in [0.717, 1.165) is 23.8 Å². The summed E-state index contributed by atoms with van der Waals surface area (Å²) in [5, 5.41) is 9.97. The molecule has 0 aliphatic carbocycles. The largest absolute Gasteiger partial charge is 0.484 e. The normalized spacial score (nSPS) is 11.9. The van der Waals surface area contributed by atoms with Crippen molar-refractivity contribution in [2.24, 2.45) is 0 Å². The fraction of sp³-hybridized carbons (Fsp3) is 0.556. The van der Waals surface area contributed by atoms with E-state index >= 15 is 0 Å². The molecule has 2 aromatic rings. The molecule has 0 aliphatic rings. The zero-order valence-corrected chi connectivity index (χ0v) is 18.8. The minimum Gasteiger partial charge on any atom is -0.484 e. The van der Waals surface area contributed by atoms with Gasteiger partial charge in [0.25, 0.3) is 0 Å². The second-order valence-electron chi connectivity index (χ2n) is 6.18. The van der Waals surface area contributed by atoms with Crippen LogP contribution in [-0.4, -0.2) is 41.7 Å². The molecular formula is C18H27ClN4O3S2. The average Bonchev–Trinajstić information content (AvgIpc) is 3.08. The number of hydrogen-bond acceptors (Lipinski definition) is 6. The zero-order chi connectivity index (χ0) is 20.6. The van der Waals surface area contributed by atoms with Gasteiger partial charge in [-0.1, -0.05) is 49.3 Å². The van der Waals surface area contributed by atoms with E-state index in [1.54, 1.807) is 6.07 Å². The molecule has 1 aromatic carbocycles. The van der Waals surface area contributed by atoms with Crippen molar-refractivity contribution in [2.75, 3.05) is 18.6 Å². The van der Waals surface area contributed by atoms with E-state index in [1.165, 1.54) is 18.8 Å². The van der Waals surface area contributed by atoms with E-state index in [9.17, 15) is 8.42 Å². The maximum Gasteiger partial charge on any atom is 0.211 e. The molecule has 0 saturated carbocycles. The van der Waals surface area contributed by atoms with Gasteiger partial charge in [-0.15, -0.1) is 10.2 Å². The fourth-order valence-electron chi connectivity index (χ4n) is 2.74. The Balaban J connectivity index is 2.10. The van der Waals surface area contributed by atoms with Gasteiger partial charge in [-0.05, 0) is 38.4 Å². The highest BCUT2D eigenvalue weighted by molar-refractivity contribution is 7.99. The van der Waals surface area contributed by atoms with Crippen LogP contribution in [0.5, 0.6) is 5.75 Å². The Morgan fingerprint density at radius 2 is 1.96 bits per heavy atom. The van der Waals surface area contributed by atoms with Gasteiger partial charge in [0, 0.05) is 11.8 Å². The molecule has 2 rings (SSSR count). The van der Waals surface area contributed by atoms with Crippen LogP contribution in [0.3, 0.4) is 0 Å². The summed E-state index contributed by atoms with van der Waals surface area (Å²) in [4.78, 5) is 0. The maximum atomic E-state index is 11.5. The summed E-state index contributed by atoms with van der Waals surface area (Å²) in [6, 6.07) is 7.57. The van der Waals surface area contributed by atoms with Crippen LogP contribution in [0.1, 0.15) is 45.0 Å². The highest BCUT2D eigenvalue weighted by Crippen LogP contribution is 2.28. The standard InChI is InChI=1S/C18H27ClN4O3S2/c1-4-14(5-2)23-17(13-26-16-10-7-6-9-15(16)19)21-22-18(23)27-11-8-12-28(24,25)20-3/h6-7,9-10,14,20H,4-5,8,11-13H2,1-3H3. The molecule has 7 nitrogen and oxygen atoms in total. The molecule has 0 spiro atoms. The second kappa shape index (κ2) is 11.0. The van der Waals surface area contributed by atoms with Crippen molar-refractivity contribution in [3.8, 4) is 5.75 Å². The quantitative estimate of drug-likeness (QED) is 0.393. The van der Waals surface area contributed by atoms with Gasteiger partial charge in [-0.3, -0.25) is 0 Å². The van der Waals surface area contributed by atoms with Gasteiger partial charge in [-0.25, -0.2) is 13.1 Å². The van der Waals surface area contributed by atoms with Gasteiger partial charge in [0.15, 0.2) is 11.0 Å². The summed E-state index contributed by atoms with van der Waals surface area (Å²) < 4.78 is 33.4. The fourth-order valence-corrected chi connectivity index (χ4v) is 4.81. The Kier molecular flexibility index (Phi) is 9.07. The van der Waals surface area contributed by atoms with Crippen molar-refractivity contribution >= 4 is 33.4 Å². The number of para-hydroxylation sites is 1. The Labute approximate surface area is 176 Å². The van der Waals surface area contributed by atoms with Crippen LogP contribution in [0, 0.1) is 0 Å². The van der Waals surface area contributed by atoms with E-state index in [0.29, 0.717) is 22.9 Å². The van der Waals surface area contributed by atoms with Crippen LogP contribution >= 0.6 is 23.4 Å². The molecule has 0 radical (unpaired) electrons. The monoisotopic (exact) mass is 446 g/mol. The van der Waals surface area contributed by atoms with Crippen LogP contribution in [0.2, 0.25) is 5.02 Å². The molecule has 1 aromatic heterocycles. The first kappa shape index (κ1) is 23.0. The summed E-state index contributed by atoms with van der Waals surface area (Å²) in [5.74, 6) is 2.08. The van der Waals surface area contributed by atoms with Gasteiger partial charge in [0.2, 0.25) is 10.0 Å². The first-order valence-corrected chi connectivity index (χ1v) is 12.3. The number of hydrogen-bond donors (Lipinski definition) is 1. The van der Waals surface area contributed by atoms with E-state index in [-0.39, 0.29) is 18.4 Å². The molecule has 0 atom stereocenters. The Morgan fingerprint density at radius 3 is 2.61 bits per heavy atom. The lowest BCUT2D eigenvalue weighted by Crippen LogP contribution is -2.22. The number of rotatable bonds is 12. The number of nitrogens with zero attached hydrogens (tertiary/aromatic N) is 3. The van der Waals surface area contributed by atoms with Gasteiger partial charge >= 0.3 is 0 Å². The molecule has 10 heteroatoms. The molecule has 0 fully saturated rings. The van der Waals surface area contributed by atoms with E-state index in [4.69, 9.17) is 16.3 Å². The first-order valence-electron chi connectivity index (χ1n) is 9.26. The number of ether oxygens (including phenoxy) is 1. The van der Waals surface area contributed by atoms with Crippen molar-refractivity contribution in [1.82, 2.24) is 19.5 Å². The number of benzene rings is 1. The Hall–Kier alpha value is -1.29. The number of thioether (sulfide) groups is 1. The van der Waals surface area contributed by atoms with Gasteiger partial charge < -0.3 is 9.30 Å². The number of aromatic nitrogens is 3. The van der Waals surface area contributed by atoms with Crippen molar-refractivity contribution < 1.29 is 13.2 Å². The predicted octanol–water partition coefficient (Wildman–Crippen LogP) is 3.90. The Morgan fingerprint density at radius 1 is 1.25 bits per heavy atom. The number of nitrogens with one attached hydrogen (secondary N) is 1. The minimum absolute atomic E-state index is 0.0953. The molecule has 1 heterocycles. The first-order chi connectivity index (χ1) is 13.4. The lowest BCUT2D eigenvalue weighted by Gasteiger charge is -2.19. The van der Waals surface area contributed by atoms with Crippen molar-refractivity contribution in [3.05, 3.63) is 35.1 Å². The molecule has 0 aliphatic heterocycles. The highest BCUT2D eigenvalue weighted by Gasteiger charge is 2.19. The molecule has 0 unspecified atom stereocenters. The molecular weight excluding hydrogens is 420 g/mol. The average molecular weight is 447 g/mol. The number of halogens is 1. The summed E-state index contributed by atoms with van der Waals surface area (Å²) in [6.07, 6.45) is 2.42. The lowest BCUT2D eigenvalue weighted by molar-refractivity contribution is 0.278. The topological polar surface area (TPSA) is 86.1 Å². The van der Waals surface area contributed by atoms with Crippen molar-refractivity contribution in [2.45, 2.75) is 50.9 Å². The summed E-state index contributed by atoms with van der Waals surface area (Å²) in [5.41, 5.74) is 0. The van der Waals surface area contributed by atoms with Crippen LogP contribution in [-0.2, 0) is 16.6 Å². The molecule has 0 bridgehead atoms. The number of sulfonamides is 1. The molecule has 1 N–H and O–H groups in total. The van der Waals surface area contributed by atoms with Gasteiger partial charge in [0.05, 0.1) is 10.8 Å². The lowest BCUT2D eigenvalue weighted by atomic mass is 10.2. The summed E-state index contributed by atoms with van der Waals surface area (Å²) in [6.45, 7) is 4.52. The van der Waals surface area contributed by atoms with E-state index < -0.39 is 10.0 Å².